The van der Waals surface area contributed by atoms with Gasteiger partial charge in [-0.3, -0.25) is 9.67 Å². The van der Waals surface area contributed by atoms with Crippen LogP contribution in [0.4, 0.5) is 5.82 Å². The van der Waals surface area contributed by atoms with E-state index in [1.165, 1.54) is 11.0 Å². The summed E-state index contributed by atoms with van der Waals surface area (Å²) in [5, 5.41) is 26.5. The van der Waals surface area contributed by atoms with E-state index in [0.29, 0.717) is 25.6 Å². The monoisotopic (exact) mass is 424 g/mol. The number of hydrogen-bond donors (Lipinski definition) is 4. The number of fused-ring (bicyclic) bond motifs is 2. The van der Waals surface area contributed by atoms with Gasteiger partial charge < -0.3 is 21.1 Å². The Morgan fingerprint density at radius 2 is 2.10 bits per heavy atom. The van der Waals surface area contributed by atoms with Crippen molar-refractivity contribution in [3.05, 3.63) is 47.7 Å². The van der Waals surface area contributed by atoms with Gasteiger partial charge in [-0.1, -0.05) is 18.2 Å². The number of aliphatic imine (C=N–C) groups is 1. The fourth-order valence-corrected chi connectivity index (χ4v) is 4.20. The van der Waals surface area contributed by atoms with Crippen LogP contribution in [0.25, 0.3) is 21.1 Å². The molecule has 0 saturated carbocycles. The summed E-state index contributed by atoms with van der Waals surface area (Å²) in [6.07, 6.45) is 2.68. The molecule has 1 unspecified atom stereocenters. The molecule has 0 aliphatic heterocycles. The van der Waals surface area contributed by atoms with Crippen LogP contribution in [0.1, 0.15) is 11.0 Å². The first-order valence-electron chi connectivity index (χ1n) is 9.63. The van der Waals surface area contributed by atoms with Crippen LogP contribution in [0.5, 0.6) is 0 Å². The Labute approximate surface area is 177 Å². The average Bonchev–Trinajstić information content (AvgIpc) is 3.37. The molecule has 9 nitrogen and oxygen atoms in total. The number of hydrogen-bond acceptors (Lipinski definition) is 7. The number of nitrogens with one attached hydrogen (secondary N) is 3. The molecular weight excluding hydrogens is 400 g/mol. The second-order valence-corrected chi connectivity index (χ2v) is 7.85. The molecule has 0 aliphatic rings. The molecular formula is C20H24N8OS. The fourth-order valence-electron chi connectivity index (χ4n) is 3.15. The number of aryl methyl sites for hydroxylation is 1. The minimum Gasteiger partial charge on any atom is -0.386 e. The third kappa shape index (κ3) is 4.34. The zero-order valence-corrected chi connectivity index (χ0v) is 17.6. The van der Waals surface area contributed by atoms with Crippen molar-refractivity contribution in [3.63, 3.8) is 0 Å². The van der Waals surface area contributed by atoms with Crippen LogP contribution >= 0.6 is 11.3 Å². The van der Waals surface area contributed by atoms with Crippen LogP contribution < -0.4 is 16.0 Å². The molecule has 0 spiro atoms. The highest BCUT2D eigenvalue weighted by Gasteiger charge is 2.12. The Hall–Kier alpha value is -3.24. The van der Waals surface area contributed by atoms with E-state index >= 15 is 0 Å². The molecule has 3 heterocycles. The summed E-state index contributed by atoms with van der Waals surface area (Å²) in [5.74, 6) is 1.38. The summed E-state index contributed by atoms with van der Waals surface area (Å²) in [7, 11) is 3.56. The summed E-state index contributed by atoms with van der Waals surface area (Å²) in [5.41, 5.74) is 0.785. The van der Waals surface area contributed by atoms with Gasteiger partial charge in [-0.05, 0) is 17.5 Å². The maximum absolute atomic E-state index is 10.5. The van der Waals surface area contributed by atoms with Crippen molar-refractivity contribution >= 4 is 44.2 Å². The Morgan fingerprint density at radius 1 is 1.23 bits per heavy atom. The number of nitrogens with zero attached hydrogens (tertiary/aromatic N) is 5. The smallest absolute Gasteiger partial charge is 0.191 e. The zero-order valence-electron chi connectivity index (χ0n) is 16.8. The number of aliphatic hydroxyl groups is 1. The Kier molecular flexibility index (Phi) is 6.05. The van der Waals surface area contributed by atoms with Gasteiger partial charge in [-0.25, -0.2) is 9.97 Å². The first kappa shape index (κ1) is 20.0. The molecule has 4 aromatic rings. The Morgan fingerprint density at radius 3 is 2.93 bits per heavy atom. The van der Waals surface area contributed by atoms with Gasteiger partial charge in [0, 0.05) is 43.3 Å². The molecule has 0 amide bonds. The van der Waals surface area contributed by atoms with E-state index in [9.17, 15) is 5.11 Å². The predicted octanol–water partition coefficient (Wildman–Crippen LogP) is 1.89. The van der Waals surface area contributed by atoms with Gasteiger partial charge in [0.2, 0.25) is 0 Å². The first-order valence-corrected chi connectivity index (χ1v) is 10.4. The lowest BCUT2D eigenvalue weighted by Gasteiger charge is -2.15. The zero-order chi connectivity index (χ0) is 20.9. The maximum atomic E-state index is 10.5. The van der Waals surface area contributed by atoms with E-state index in [0.717, 1.165) is 27.1 Å². The maximum Gasteiger partial charge on any atom is 0.191 e. The van der Waals surface area contributed by atoms with E-state index in [-0.39, 0.29) is 0 Å². The predicted molar refractivity (Wildman–Crippen MR) is 121 cm³/mol. The summed E-state index contributed by atoms with van der Waals surface area (Å²) < 4.78 is 2.89. The van der Waals surface area contributed by atoms with Gasteiger partial charge >= 0.3 is 0 Å². The van der Waals surface area contributed by atoms with E-state index in [4.69, 9.17) is 0 Å². The van der Waals surface area contributed by atoms with Crippen LogP contribution in [-0.4, -0.2) is 57.5 Å². The van der Waals surface area contributed by atoms with Gasteiger partial charge in [-0.2, -0.15) is 5.10 Å². The van der Waals surface area contributed by atoms with E-state index in [1.54, 1.807) is 29.3 Å². The highest BCUT2D eigenvalue weighted by Crippen LogP contribution is 2.29. The molecule has 10 heteroatoms. The third-order valence-corrected chi connectivity index (χ3v) is 5.92. The van der Waals surface area contributed by atoms with Gasteiger partial charge in [0.15, 0.2) is 11.6 Å². The second kappa shape index (κ2) is 9.06. The second-order valence-electron chi connectivity index (χ2n) is 6.74. The molecule has 0 bridgehead atoms. The van der Waals surface area contributed by atoms with Gasteiger partial charge in [-0.15, -0.1) is 11.3 Å². The lowest BCUT2D eigenvalue weighted by atomic mass is 10.2. The standard InChI is InChI=1S/C20H24N8OS/c1-21-20(24-11-15(29)17-9-13-5-3-4-6-16(13)30-17)23-8-7-22-18-14-10-27-28(2)19(14)26-12-25-18/h3-6,9-10,12,15,29H,7-8,11H2,1-2H3,(H2,21,23,24)(H,22,25,26). The lowest BCUT2D eigenvalue weighted by Crippen LogP contribution is -2.41. The summed E-state index contributed by atoms with van der Waals surface area (Å²) in [6.45, 7) is 1.65. The van der Waals surface area contributed by atoms with Gasteiger partial charge in [0.05, 0.1) is 11.6 Å². The van der Waals surface area contributed by atoms with Crippen molar-refractivity contribution in [2.75, 3.05) is 32.0 Å². The van der Waals surface area contributed by atoms with Crippen molar-refractivity contribution < 1.29 is 5.11 Å². The summed E-state index contributed by atoms with van der Waals surface area (Å²) >= 11 is 1.61. The van der Waals surface area contributed by atoms with Crippen molar-refractivity contribution in [2.45, 2.75) is 6.10 Å². The number of guanidine groups is 1. The molecule has 30 heavy (non-hydrogen) atoms. The molecule has 1 aromatic carbocycles. The van der Waals surface area contributed by atoms with Crippen LogP contribution in [0, 0.1) is 0 Å². The molecule has 0 aliphatic carbocycles. The molecule has 4 N–H and O–H groups in total. The van der Waals surface area contributed by atoms with Crippen LogP contribution in [0.15, 0.2) is 47.8 Å². The molecule has 0 radical (unpaired) electrons. The molecule has 0 fully saturated rings. The first-order chi connectivity index (χ1) is 14.7. The molecule has 0 saturated heterocycles. The minimum atomic E-state index is -0.598. The summed E-state index contributed by atoms with van der Waals surface area (Å²) in [6, 6.07) is 10.2. The van der Waals surface area contributed by atoms with E-state index < -0.39 is 6.10 Å². The van der Waals surface area contributed by atoms with Crippen molar-refractivity contribution in [2.24, 2.45) is 12.0 Å². The quantitative estimate of drug-likeness (QED) is 0.204. The largest absolute Gasteiger partial charge is 0.386 e. The van der Waals surface area contributed by atoms with E-state index in [2.05, 4.69) is 48.1 Å². The molecule has 1 atom stereocenters. The number of aliphatic hydroxyl groups excluding tert-OH is 1. The topological polar surface area (TPSA) is 112 Å². The van der Waals surface area contributed by atoms with Gasteiger partial charge in [0.1, 0.15) is 18.2 Å². The Bertz CT molecular complexity index is 1140. The fraction of sp³-hybridized carbons (Fsp3) is 0.300. The van der Waals surface area contributed by atoms with Crippen LogP contribution in [0.3, 0.4) is 0 Å². The highest BCUT2D eigenvalue weighted by atomic mass is 32.1. The minimum absolute atomic E-state index is 0.377. The summed E-state index contributed by atoms with van der Waals surface area (Å²) in [4.78, 5) is 13.7. The van der Waals surface area contributed by atoms with Crippen molar-refractivity contribution in [1.29, 1.82) is 0 Å². The number of rotatable bonds is 7. The number of anilines is 1. The molecule has 3 aromatic heterocycles. The molecule has 4 rings (SSSR count). The molecule has 156 valence electrons. The van der Waals surface area contributed by atoms with Crippen LogP contribution in [0.2, 0.25) is 0 Å². The number of thiophene rings is 1. The average molecular weight is 425 g/mol. The third-order valence-electron chi connectivity index (χ3n) is 4.70. The highest BCUT2D eigenvalue weighted by molar-refractivity contribution is 7.19. The number of aromatic nitrogens is 4. The van der Waals surface area contributed by atoms with Gasteiger partial charge in [0.25, 0.3) is 0 Å². The van der Waals surface area contributed by atoms with Crippen molar-refractivity contribution in [3.8, 4) is 0 Å². The Balaban J connectivity index is 1.25. The lowest BCUT2D eigenvalue weighted by molar-refractivity contribution is 0.184. The number of benzene rings is 1. The normalized spacial score (nSPS) is 13.0. The van der Waals surface area contributed by atoms with Crippen molar-refractivity contribution in [1.82, 2.24) is 30.4 Å². The SMILES string of the molecule is CN=C(NCCNc1ncnc2c1cnn2C)NCC(O)c1cc2ccccc2s1. The van der Waals surface area contributed by atoms with Crippen LogP contribution in [-0.2, 0) is 7.05 Å². The van der Waals surface area contributed by atoms with E-state index in [1.807, 2.05) is 25.2 Å².